The van der Waals surface area contributed by atoms with E-state index in [1.165, 1.54) is 25.3 Å². The fourth-order valence-corrected chi connectivity index (χ4v) is 2.09. The van der Waals surface area contributed by atoms with Crippen LogP contribution in [0.25, 0.3) is 0 Å². The number of para-hydroxylation sites is 2. The maximum atomic E-state index is 12.4. The minimum absolute atomic E-state index is 0.000438. The van der Waals surface area contributed by atoms with Crippen LogP contribution in [-0.4, -0.2) is 26.0 Å². The first kappa shape index (κ1) is 17.7. The van der Waals surface area contributed by atoms with Crippen LogP contribution >= 0.6 is 0 Å². The van der Waals surface area contributed by atoms with Gasteiger partial charge < -0.3 is 14.2 Å². The van der Waals surface area contributed by atoms with E-state index in [-0.39, 0.29) is 12.2 Å². The van der Waals surface area contributed by atoms with E-state index in [0.717, 1.165) is 11.6 Å². The van der Waals surface area contributed by atoms with Gasteiger partial charge in [0, 0.05) is 6.42 Å². The molecule has 2 rings (SSSR count). The number of alkyl halides is 3. The maximum absolute atomic E-state index is 12.4. The first-order valence-electron chi connectivity index (χ1n) is 7.04. The van der Waals surface area contributed by atoms with Crippen LogP contribution in [0.3, 0.4) is 0 Å². The number of carbonyl (C=O) groups excluding carboxylic acids is 1. The van der Waals surface area contributed by atoms with E-state index in [9.17, 15) is 18.0 Å². The number of rotatable bonds is 6. The Morgan fingerprint density at radius 3 is 2.29 bits per heavy atom. The molecule has 4 nitrogen and oxygen atoms in total. The Balaban J connectivity index is 2.00. The molecule has 0 spiro atoms. The molecule has 0 fully saturated rings. The summed E-state index contributed by atoms with van der Waals surface area (Å²) in [4.78, 5) is 12.0. The molecule has 0 aromatic heterocycles. The number of hydrogen-bond acceptors (Lipinski definition) is 4. The van der Waals surface area contributed by atoms with Gasteiger partial charge in [-0.1, -0.05) is 30.3 Å². The highest BCUT2D eigenvalue weighted by atomic mass is 19.4. The molecule has 0 saturated carbocycles. The predicted octanol–water partition coefficient (Wildman–Crippen LogP) is 3.99. The summed E-state index contributed by atoms with van der Waals surface area (Å²) in [6.45, 7) is -0.000438. The van der Waals surface area contributed by atoms with Crippen LogP contribution in [0.2, 0.25) is 0 Å². The monoisotopic (exact) mass is 340 g/mol. The van der Waals surface area contributed by atoms with Crippen LogP contribution in [0, 0.1) is 0 Å². The Hall–Kier alpha value is -2.70. The number of ether oxygens (including phenoxy) is 3. The molecule has 24 heavy (non-hydrogen) atoms. The van der Waals surface area contributed by atoms with Crippen molar-refractivity contribution >= 4 is 5.97 Å². The van der Waals surface area contributed by atoms with E-state index in [4.69, 9.17) is 9.47 Å². The lowest BCUT2D eigenvalue weighted by Crippen LogP contribution is -2.19. The van der Waals surface area contributed by atoms with Crippen molar-refractivity contribution in [2.45, 2.75) is 12.8 Å². The summed E-state index contributed by atoms with van der Waals surface area (Å²) in [7, 11) is 1.52. The third kappa shape index (κ3) is 4.91. The first-order chi connectivity index (χ1) is 11.4. The number of esters is 1. The molecule has 0 saturated heterocycles. The summed E-state index contributed by atoms with van der Waals surface area (Å²) in [5.74, 6) is -0.827. The summed E-state index contributed by atoms with van der Waals surface area (Å²) in [5, 5.41) is 0. The van der Waals surface area contributed by atoms with E-state index in [1.807, 2.05) is 12.1 Å². The summed E-state index contributed by atoms with van der Waals surface area (Å²) in [6.07, 6.45) is -4.51. The lowest BCUT2D eigenvalue weighted by Gasteiger charge is -2.13. The van der Waals surface area contributed by atoms with Gasteiger partial charge >= 0.3 is 12.3 Å². The van der Waals surface area contributed by atoms with Crippen LogP contribution in [0.5, 0.6) is 11.5 Å². The summed E-state index contributed by atoms with van der Waals surface area (Å²) in [6, 6.07) is 12.2. The third-order valence-electron chi connectivity index (χ3n) is 3.13. The van der Waals surface area contributed by atoms with Crippen LogP contribution < -0.4 is 9.47 Å². The van der Waals surface area contributed by atoms with Gasteiger partial charge in [0.15, 0.2) is 0 Å². The van der Waals surface area contributed by atoms with Gasteiger partial charge in [-0.3, -0.25) is 0 Å². The fraction of sp³-hybridized carbons (Fsp3) is 0.235. The van der Waals surface area contributed by atoms with Crippen molar-refractivity contribution in [3.05, 3.63) is 59.7 Å². The van der Waals surface area contributed by atoms with Crippen LogP contribution in [-0.2, 0) is 11.2 Å². The highest BCUT2D eigenvalue weighted by molar-refractivity contribution is 5.92. The van der Waals surface area contributed by atoms with Gasteiger partial charge in [-0.15, -0.1) is 13.2 Å². The van der Waals surface area contributed by atoms with Crippen LogP contribution in [0.15, 0.2) is 48.5 Å². The molecule has 0 unspecified atom stereocenters. The molecule has 0 aliphatic rings. The Labute approximate surface area is 136 Å². The predicted molar refractivity (Wildman–Crippen MR) is 80.1 cm³/mol. The van der Waals surface area contributed by atoms with Crippen molar-refractivity contribution in [3.63, 3.8) is 0 Å². The smallest absolute Gasteiger partial charge is 0.496 e. The molecule has 2 aromatic rings. The first-order valence-corrected chi connectivity index (χ1v) is 7.04. The van der Waals surface area contributed by atoms with Crippen molar-refractivity contribution in [2.24, 2.45) is 0 Å². The van der Waals surface area contributed by atoms with Gasteiger partial charge in [-0.2, -0.15) is 0 Å². The Kier molecular flexibility index (Phi) is 5.68. The largest absolute Gasteiger partial charge is 0.573 e. The second-order valence-electron chi connectivity index (χ2n) is 4.74. The quantitative estimate of drug-likeness (QED) is 0.746. The zero-order valence-corrected chi connectivity index (χ0v) is 12.8. The molecule has 0 amide bonds. The van der Waals surface area contributed by atoms with Crippen molar-refractivity contribution < 1.29 is 32.2 Å². The van der Waals surface area contributed by atoms with E-state index >= 15 is 0 Å². The zero-order valence-electron chi connectivity index (χ0n) is 12.8. The van der Waals surface area contributed by atoms with E-state index in [0.29, 0.717) is 12.2 Å². The third-order valence-corrected chi connectivity index (χ3v) is 3.13. The SMILES string of the molecule is COc1ccccc1CCOC(=O)c1ccccc1OC(F)(F)F. The van der Waals surface area contributed by atoms with E-state index in [2.05, 4.69) is 4.74 Å². The second kappa shape index (κ2) is 7.72. The lowest BCUT2D eigenvalue weighted by molar-refractivity contribution is -0.274. The topological polar surface area (TPSA) is 44.8 Å². The number of carbonyl (C=O) groups is 1. The summed E-state index contributed by atoms with van der Waals surface area (Å²) < 4.78 is 51.1. The number of methoxy groups -OCH3 is 1. The van der Waals surface area contributed by atoms with E-state index < -0.39 is 18.1 Å². The van der Waals surface area contributed by atoms with Gasteiger partial charge in [-0.25, -0.2) is 4.79 Å². The molecule has 7 heteroatoms. The molecule has 0 aliphatic carbocycles. The molecule has 0 atom stereocenters. The summed E-state index contributed by atoms with van der Waals surface area (Å²) >= 11 is 0. The average molecular weight is 340 g/mol. The molecule has 0 aliphatic heterocycles. The minimum Gasteiger partial charge on any atom is -0.496 e. The minimum atomic E-state index is -4.88. The zero-order chi connectivity index (χ0) is 17.6. The fourth-order valence-electron chi connectivity index (χ4n) is 2.09. The Morgan fingerprint density at radius 1 is 1.00 bits per heavy atom. The van der Waals surface area contributed by atoms with Crippen LogP contribution in [0.1, 0.15) is 15.9 Å². The molecule has 0 N–H and O–H groups in total. The normalized spacial score (nSPS) is 11.0. The highest BCUT2D eigenvalue weighted by Crippen LogP contribution is 2.27. The van der Waals surface area contributed by atoms with Crippen molar-refractivity contribution in [3.8, 4) is 11.5 Å². The maximum Gasteiger partial charge on any atom is 0.573 e. The average Bonchev–Trinajstić information content (AvgIpc) is 2.54. The number of benzene rings is 2. The molecular formula is C17H15F3O4. The van der Waals surface area contributed by atoms with Gasteiger partial charge in [-0.05, 0) is 23.8 Å². The van der Waals surface area contributed by atoms with E-state index in [1.54, 1.807) is 12.1 Å². The lowest BCUT2D eigenvalue weighted by atomic mass is 10.1. The molecular weight excluding hydrogens is 325 g/mol. The van der Waals surface area contributed by atoms with Gasteiger partial charge in [0.1, 0.15) is 17.1 Å². The second-order valence-corrected chi connectivity index (χ2v) is 4.74. The Morgan fingerprint density at radius 2 is 1.62 bits per heavy atom. The van der Waals surface area contributed by atoms with Crippen molar-refractivity contribution in [1.29, 1.82) is 0 Å². The molecule has 0 radical (unpaired) electrons. The van der Waals surface area contributed by atoms with Gasteiger partial charge in [0.2, 0.25) is 0 Å². The molecule has 128 valence electrons. The number of halogens is 3. The highest BCUT2D eigenvalue weighted by Gasteiger charge is 2.33. The van der Waals surface area contributed by atoms with Crippen LogP contribution in [0.4, 0.5) is 13.2 Å². The number of hydrogen-bond donors (Lipinski definition) is 0. The van der Waals surface area contributed by atoms with Gasteiger partial charge in [0.05, 0.1) is 13.7 Å². The molecule has 0 heterocycles. The summed E-state index contributed by atoms with van der Waals surface area (Å²) in [5.41, 5.74) is 0.544. The standard InChI is InChI=1S/C17H15F3O4/c1-22-14-8-4-2-6-12(14)10-11-23-16(21)13-7-3-5-9-15(13)24-17(18,19)20/h2-9H,10-11H2,1H3. The van der Waals surface area contributed by atoms with Crippen molar-refractivity contribution in [2.75, 3.05) is 13.7 Å². The molecule has 2 aromatic carbocycles. The Bertz CT molecular complexity index is 698. The van der Waals surface area contributed by atoms with Crippen molar-refractivity contribution in [1.82, 2.24) is 0 Å². The molecule has 0 bridgehead atoms. The van der Waals surface area contributed by atoms with Gasteiger partial charge in [0.25, 0.3) is 0 Å².